The van der Waals surface area contributed by atoms with Crippen molar-refractivity contribution in [2.24, 2.45) is 0 Å². The molecule has 0 radical (unpaired) electrons. The van der Waals surface area contributed by atoms with E-state index in [1.165, 1.54) is 0 Å². The molecule has 5 N–H and O–H groups in total. The fraction of sp³-hybridized carbons (Fsp3) is 0.333. The molecule has 0 saturated carbocycles. The number of anilines is 2. The maximum Gasteiger partial charge on any atom is 0.315 e. The van der Waals surface area contributed by atoms with Gasteiger partial charge in [-0.15, -0.1) is 10.2 Å². The largest absolute Gasteiger partial charge is 0.496 e. The minimum atomic E-state index is -0.183. The summed E-state index contributed by atoms with van der Waals surface area (Å²) in [5.74, 6) is 2.20. The lowest BCUT2D eigenvalue weighted by molar-refractivity contribution is 0.198. The predicted octanol–water partition coefficient (Wildman–Crippen LogP) is 3.21. The van der Waals surface area contributed by atoms with Gasteiger partial charge in [-0.3, -0.25) is 5.10 Å². The van der Waals surface area contributed by atoms with Gasteiger partial charge in [0.2, 0.25) is 5.95 Å². The molecule has 31 heavy (non-hydrogen) atoms. The van der Waals surface area contributed by atoms with Crippen LogP contribution in [0.1, 0.15) is 32.5 Å². The number of aromatic nitrogens is 5. The molecule has 1 aromatic carbocycles. The van der Waals surface area contributed by atoms with Crippen molar-refractivity contribution in [3.05, 3.63) is 48.1 Å². The van der Waals surface area contributed by atoms with Crippen molar-refractivity contribution >= 4 is 34.1 Å². The van der Waals surface area contributed by atoms with Crippen LogP contribution in [0.3, 0.4) is 0 Å². The average Bonchev–Trinajstić information content (AvgIpc) is 3.40. The zero-order valence-electron chi connectivity index (χ0n) is 17.5. The van der Waals surface area contributed by atoms with Crippen molar-refractivity contribution in [2.75, 3.05) is 18.5 Å². The average molecular weight is 422 g/mol. The summed E-state index contributed by atoms with van der Waals surface area (Å²) in [6.45, 7) is 4.72. The van der Waals surface area contributed by atoms with E-state index in [9.17, 15) is 4.79 Å². The summed E-state index contributed by atoms with van der Waals surface area (Å²) in [4.78, 5) is 14.8. The number of ether oxygens (including phenoxy) is 1. The molecule has 2 heterocycles. The molecule has 0 atom stereocenters. The van der Waals surface area contributed by atoms with E-state index < -0.39 is 0 Å². The van der Waals surface area contributed by atoms with Crippen LogP contribution in [0.5, 0.6) is 0 Å². The van der Waals surface area contributed by atoms with Gasteiger partial charge < -0.3 is 25.7 Å². The molecule has 10 heteroatoms. The first-order valence-electron chi connectivity index (χ1n) is 10.3. The summed E-state index contributed by atoms with van der Waals surface area (Å²) in [6, 6.07) is 5.84. The lowest BCUT2D eigenvalue weighted by atomic mass is 10.0. The van der Waals surface area contributed by atoms with Crippen LogP contribution in [0.15, 0.2) is 42.3 Å². The second-order valence-corrected chi connectivity index (χ2v) is 7.55. The summed E-state index contributed by atoms with van der Waals surface area (Å²) >= 11 is 0. The second-order valence-electron chi connectivity index (χ2n) is 7.55. The molecule has 10 nitrogen and oxygen atoms in total. The number of nitrogens with zero attached hydrogens (tertiary/aromatic N) is 3. The van der Waals surface area contributed by atoms with Crippen LogP contribution in [0.2, 0.25) is 0 Å². The highest BCUT2D eigenvalue weighted by molar-refractivity contribution is 5.82. The Labute approximate surface area is 179 Å². The zero-order valence-corrected chi connectivity index (χ0v) is 17.5. The van der Waals surface area contributed by atoms with E-state index in [4.69, 9.17) is 4.74 Å². The Kier molecular flexibility index (Phi) is 6.16. The Morgan fingerprint density at radius 2 is 2.13 bits per heavy atom. The smallest absolute Gasteiger partial charge is 0.315 e. The number of allylic oxidation sites excluding steroid dienone is 4. The number of H-pyrrole nitrogens is 2. The van der Waals surface area contributed by atoms with Crippen LogP contribution in [-0.2, 0) is 4.74 Å². The third kappa shape index (κ3) is 5.41. The zero-order chi connectivity index (χ0) is 21.6. The first kappa shape index (κ1) is 20.5. The predicted molar refractivity (Wildman–Crippen MR) is 119 cm³/mol. The molecule has 4 rings (SSSR count). The number of fused-ring (bicyclic) bond motifs is 1. The number of carbonyl (C=O) groups excluding carboxylic acids is 1. The van der Waals surface area contributed by atoms with Crippen molar-refractivity contribution in [3.63, 3.8) is 0 Å². The molecule has 1 aliphatic carbocycles. The number of nitrogens with one attached hydrogen (secondary N) is 5. The molecular formula is C21H26N8O2. The Bertz CT molecular complexity index is 1110. The Morgan fingerprint density at radius 1 is 1.23 bits per heavy atom. The van der Waals surface area contributed by atoms with Gasteiger partial charge in [0.1, 0.15) is 6.61 Å². The molecule has 0 bridgehead atoms. The molecule has 2 amide bonds. The summed E-state index contributed by atoms with van der Waals surface area (Å²) < 4.78 is 5.74. The van der Waals surface area contributed by atoms with Gasteiger partial charge >= 0.3 is 6.03 Å². The lowest BCUT2D eigenvalue weighted by Gasteiger charge is -2.15. The summed E-state index contributed by atoms with van der Waals surface area (Å²) in [5, 5.41) is 25.2. The summed E-state index contributed by atoms with van der Waals surface area (Å²) in [7, 11) is 0. The molecule has 1 aliphatic rings. The molecule has 0 saturated heterocycles. The van der Waals surface area contributed by atoms with Gasteiger partial charge in [-0.1, -0.05) is 6.08 Å². The van der Waals surface area contributed by atoms with Gasteiger partial charge in [0.25, 0.3) is 0 Å². The van der Waals surface area contributed by atoms with Crippen molar-refractivity contribution in [1.29, 1.82) is 0 Å². The molecule has 0 spiro atoms. The maximum atomic E-state index is 11.5. The van der Waals surface area contributed by atoms with Crippen LogP contribution in [0, 0.1) is 0 Å². The van der Waals surface area contributed by atoms with Gasteiger partial charge in [0, 0.05) is 23.5 Å². The SMILES string of the molecule is CC(C)NC(=O)NCCOC1=CC=C(c2nnc(Nc3ccc4[nH]ncc4c3)[nH]2)CC1. The van der Waals surface area contributed by atoms with Gasteiger partial charge in [-0.2, -0.15) is 5.10 Å². The lowest BCUT2D eigenvalue weighted by Crippen LogP contribution is -2.40. The summed E-state index contributed by atoms with van der Waals surface area (Å²) in [6.07, 6.45) is 7.27. The molecule has 162 valence electrons. The number of hydrogen-bond donors (Lipinski definition) is 5. The van der Waals surface area contributed by atoms with E-state index >= 15 is 0 Å². The number of urea groups is 1. The van der Waals surface area contributed by atoms with Crippen molar-refractivity contribution < 1.29 is 9.53 Å². The van der Waals surface area contributed by atoms with Crippen molar-refractivity contribution in [1.82, 2.24) is 36.0 Å². The third-order valence-electron chi connectivity index (χ3n) is 4.70. The Balaban J connectivity index is 1.28. The molecule has 0 aliphatic heterocycles. The monoisotopic (exact) mass is 422 g/mol. The minimum absolute atomic E-state index is 0.109. The molecule has 2 aromatic heterocycles. The number of carbonyl (C=O) groups is 1. The van der Waals surface area contributed by atoms with Crippen LogP contribution in [-0.4, -0.2) is 50.6 Å². The second kappa shape index (κ2) is 9.33. The first-order valence-corrected chi connectivity index (χ1v) is 10.3. The van der Waals surface area contributed by atoms with Crippen LogP contribution in [0.25, 0.3) is 16.5 Å². The third-order valence-corrected chi connectivity index (χ3v) is 4.70. The number of rotatable bonds is 8. The Hall–Kier alpha value is -3.82. The topological polar surface area (TPSA) is 133 Å². The van der Waals surface area contributed by atoms with E-state index in [-0.39, 0.29) is 12.1 Å². The molecular weight excluding hydrogens is 396 g/mol. The number of aromatic amines is 2. The van der Waals surface area contributed by atoms with Gasteiger partial charge in [-0.25, -0.2) is 4.79 Å². The highest BCUT2D eigenvalue weighted by atomic mass is 16.5. The van der Waals surface area contributed by atoms with E-state index in [1.807, 2.05) is 44.2 Å². The van der Waals surface area contributed by atoms with Crippen LogP contribution in [0.4, 0.5) is 16.4 Å². The van der Waals surface area contributed by atoms with Gasteiger partial charge in [0.15, 0.2) is 5.82 Å². The minimum Gasteiger partial charge on any atom is -0.496 e. The number of amides is 2. The van der Waals surface area contributed by atoms with E-state index in [0.717, 1.165) is 46.6 Å². The summed E-state index contributed by atoms with van der Waals surface area (Å²) in [5.41, 5.74) is 2.95. The van der Waals surface area contributed by atoms with Gasteiger partial charge in [0.05, 0.1) is 24.0 Å². The highest BCUT2D eigenvalue weighted by Crippen LogP contribution is 2.26. The standard InChI is InChI=1S/C21H26N8O2/c1-13(2)24-21(30)22-9-10-31-17-6-3-14(4-7-17)19-26-20(29-28-19)25-16-5-8-18-15(11-16)12-23-27-18/h3,5-6,8,11-13H,4,7,9-10H2,1-2H3,(H,23,27)(H2,22,24,30)(H2,25,26,28,29). The highest BCUT2D eigenvalue weighted by Gasteiger charge is 2.13. The normalized spacial score (nSPS) is 13.6. The fourth-order valence-corrected chi connectivity index (χ4v) is 3.22. The van der Waals surface area contributed by atoms with Crippen molar-refractivity contribution in [2.45, 2.75) is 32.7 Å². The van der Waals surface area contributed by atoms with E-state index in [1.54, 1.807) is 6.20 Å². The molecule has 3 aromatic rings. The molecule has 0 unspecified atom stereocenters. The molecule has 0 fully saturated rings. The number of benzene rings is 1. The Morgan fingerprint density at radius 3 is 2.94 bits per heavy atom. The van der Waals surface area contributed by atoms with Crippen molar-refractivity contribution in [3.8, 4) is 0 Å². The van der Waals surface area contributed by atoms with E-state index in [2.05, 4.69) is 41.3 Å². The fourth-order valence-electron chi connectivity index (χ4n) is 3.22. The van der Waals surface area contributed by atoms with E-state index in [0.29, 0.717) is 19.1 Å². The maximum absolute atomic E-state index is 11.5. The first-order chi connectivity index (χ1) is 15.1. The van der Waals surface area contributed by atoms with Crippen LogP contribution >= 0.6 is 0 Å². The number of hydrogen-bond acceptors (Lipinski definition) is 6. The van der Waals surface area contributed by atoms with Crippen LogP contribution < -0.4 is 16.0 Å². The quantitative estimate of drug-likeness (QED) is 0.354. The van der Waals surface area contributed by atoms with Gasteiger partial charge in [-0.05, 0) is 50.1 Å².